The molecule has 1 saturated carbocycles. The van der Waals surface area contributed by atoms with Crippen LogP contribution in [-0.2, 0) is 0 Å². The molecule has 7 nitrogen and oxygen atoms in total. The Balaban J connectivity index is 1.44. The molecule has 2 aliphatic rings. The average Bonchev–Trinajstić information content (AvgIpc) is 2.98. The van der Waals surface area contributed by atoms with Crippen molar-refractivity contribution in [3.05, 3.63) is 30.6 Å². The molecule has 0 amide bonds. The van der Waals surface area contributed by atoms with Gasteiger partial charge in [-0.2, -0.15) is 0 Å². The molecular weight excluding hydrogens is 346 g/mol. The van der Waals surface area contributed by atoms with Crippen LogP contribution >= 0.6 is 11.8 Å². The minimum atomic E-state index is 0.231. The van der Waals surface area contributed by atoms with Crippen molar-refractivity contribution < 1.29 is 0 Å². The van der Waals surface area contributed by atoms with Gasteiger partial charge in [-0.05, 0) is 55.3 Å². The minimum absolute atomic E-state index is 0.231. The van der Waals surface area contributed by atoms with E-state index in [9.17, 15) is 0 Å². The van der Waals surface area contributed by atoms with Gasteiger partial charge in [0.05, 0.1) is 6.20 Å². The molecule has 26 heavy (non-hydrogen) atoms. The predicted molar refractivity (Wildman–Crippen MR) is 104 cm³/mol. The van der Waals surface area contributed by atoms with Crippen molar-refractivity contribution in [2.45, 2.75) is 42.2 Å². The molecule has 1 spiro atoms. The molecule has 136 valence electrons. The highest BCUT2D eigenvalue weighted by Gasteiger charge is 2.38. The first kappa shape index (κ1) is 17.1. The van der Waals surface area contributed by atoms with Crippen LogP contribution in [0.1, 0.15) is 32.1 Å². The van der Waals surface area contributed by atoms with E-state index in [-0.39, 0.29) is 5.95 Å². The van der Waals surface area contributed by atoms with Crippen LogP contribution in [-0.4, -0.2) is 33.0 Å². The number of anilines is 3. The van der Waals surface area contributed by atoms with Gasteiger partial charge in [0.2, 0.25) is 5.95 Å². The summed E-state index contributed by atoms with van der Waals surface area (Å²) in [6.07, 6.45) is 9.44. The molecule has 0 unspecified atom stereocenters. The number of hydrogen-bond donors (Lipinski definition) is 2. The van der Waals surface area contributed by atoms with Gasteiger partial charge in [-0.1, -0.05) is 12.2 Å². The van der Waals surface area contributed by atoms with Gasteiger partial charge >= 0.3 is 0 Å². The second kappa shape index (κ2) is 6.75. The van der Waals surface area contributed by atoms with E-state index in [4.69, 9.17) is 11.5 Å². The summed E-state index contributed by atoms with van der Waals surface area (Å²) in [4.78, 5) is 19.4. The van der Waals surface area contributed by atoms with E-state index in [1.807, 2.05) is 0 Å². The smallest absolute Gasteiger partial charge is 0.221 e. The predicted octanol–water partition coefficient (Wildman–Crippen LogP) is 2.91. The maximum Gasteiger partial charge on any atom is 0.221 e. The van der Waals surface area contributed by atoms with Gasteiger partial charge < -0.3 is 16.4 Å². The molecule has 0 aromatic carbocycles. The maximum atomic E-state index is 6.14. The van der Waals surface area contributed by atoms with E-state index < -0.39 is 0 Å². The second-order valence-electron chi connectivity index (χ2n) is 7.19. The summed E-state index contributed by atoms with van der Waals surface area (Å²) in [6, 6.07) is 1.77. The first-order valence-corrected chi connectivity index (χ1v) is 9.65. The molecular formula is C18H23N7S. The average molecular weight is 369 g/mol. The zero-order chi connectivity index (χ0) is 18.1. The molecule has 2 aromatic heterocycles. The third-order valence-electron chi connectivity index (χ3n) is 5.38. The monoisotopic (exact) mass is 369 g/mol. The molecule has 8 heteroatoms. The van der Waals surface area contributed by atoms with Gasteiger partial charge in [0.1, 0.15) is 15.9 Å². The number of rotatable bonds is 3. The lowest BCUT2D eigenvalue weighted by atomic mass is 9.77. The van der Waals surface area contributed by atoms with E-state index in [1.54, 1.807) is 18.5 Å². The van der Waals surface area contributed by atoms with Crippen molar-refractivity contribution in [2.24, 2.45) is 5.41 Å². The molecule has 2 fully saturated rings. The molecule has 0 radical (unpaired) electrons. The third kappa shape index (κ3) is 3.46. The highest BCUT2D eigenvalue weighted by Crippen LogP contribution is 2.48. The van der Waals surface area contributed by atoms with Gasteiger partial charge in [0.15, 0.2) is 5.82 Å². The van der Waals surface area contributed by atoms with Gasteiger partial charge in [0.25, 0.3) is 0 Å². The summed E-state index contributed by atoms with van der Waals surface area (Å²) >= 11 is 1.34. The van der Waals surface area contributed by atoms with E-state index in [0.717, 1.165) is 18.9 Å². The number of hydrogen-bond acceptors (Lipinski definition) is 8. The molecule has 0 bridgehead atoms. The summed E-state index contributed by atoms with van der Waals surface area (Å²) in [6.45, 7) is 6.16. The number of aromatic nitrogens is 4. The van der Waals surface area contributed by atoms with Gasteiger partial charge in [-0.3, -0.25) is 0 Å². The molecule has 3 heterocycles. The summed E-state index contributed by atoms with van der Waals surface area (Å²) in [5.74, 6) is 1.50. The van der Waals surface area contributed by atoms with Crippen molar-refractivity contribution in [3.8, 4) is 0 Å². The fraction of sp³-hybridized carbons (Fsp3) is 0.444. The fourth-order valence-corrected chi connectivity index (χ4v) is 4.63. The lowest BCUT2D eigenvalue weighted by Gasteiger charge is -2.39. The van der Waals surface area contributed by atoms with E-state index >= 15 is 0 Å². The van der Waals surface area contributed by atoms with Crippen LogP contribution in [0.5, 0.6) is 0 Å². The number of allylic oxidation sites excluding steroid dienone is 1. The Labute approximate surface area is 157 Å². The van der Waals surface area contributed by atoms with Crippen LogP contribution in [0.2, 0.25) is 0 Å². The fourth-order valence-electron chi connectivity index (χ4n) is 3.91. The van der Waals surface area contributed by atoms with Crippen molar-refractivity contribution in [1.82, 2.24) is 19.9 Å². The van der Waals surface area contributed by atoms with Crippen molar-refractivity contribution in [2.75, 3.05) is 29.5 Å². The molecule has 0 atom stereocenters. The second-order valence-corrected chi connectivity index (χ2v) is 8.20. The van der Waals surface area contributed by atoms with Gasteiger partial charge in [-0.25, -0.2) is 19.9 Å². The van der Waals surface area contributed by atoms with Crippen LogP contribution < -0.4 is 16.4 Å². The molecule has 1 aliphatic heterocycles. The topological polar surface area (TPSA) is 107 Å². The first-order chi connectivity index (χ1) is 12.5. The standard InChI is InChI=1S/C18H23N7S/c1-12-2-4-18(10-12)5-8-25(9-6-18)13-11-22-16(15(19)23-13)26-14-3-7-21-17(20)24-14/h3,7,11H,1-2,4-6,8-10H2,(H2,19,23)(H2,20,21,24). The van der Waals surface area contributed by atoms with Gasteiger partial charge in [-0.15, -0.1) is 0 Å². The summed E-state index contributed by atoms with van der Waals surface area (Å²) in [5.41, 5.74) is 13.6. The molecule has 1 saturated heterocycles. The summed E-state index contributed by atoms with van der Waals surface area (Å²) in [7, 11) is 0. The van der Waals surface area contributed by atoms with Crippen LogP contribution in [0.15, 0.2) is 40.7 Å². The highest BCUT2D eigenvalue weighted by atomic mass is 32.2. The van der Waals surface area contributed by atoms with Crippen molar-refractivity contribution in [3.63, 3.8) is 0 Å². The quantitative estimate of drug-likeness (QED) is 0.628. The third-order valence-corrected chi connectivity index (χ3v) is 6.33. The Morgan fingerprint density at radius 1 is 1.12 bits per heavy atom. The normalized spacial score (nSPS) is 19.2. The number of piperidine rings is 1. The summed E-state index contributed by atoms with van der Waals surface area (Å²) in [5, 5.41) is 1.33. The first-order valence-electron chi connectivity index (χ1n) is 8.84. The van der Waals surface area contributed by atoms with Crippen molar-refractivity contribution in [1.29, 1.82) is 0 Å². The Hall–Kier alpha value is -2.35. The van der Waals surface area contributed by atoms with E-state index in [0.29, 0.717) is 21.3 Å². The van der Waals surface area contributed by atoms with Crippen LogP contribution in [0.3, 0.4) is 0 Å². The Kier molecular flexibility index (Phi) is 4.44. The van der Waals surface area contributed by atoms with E-state index in [2.05, 4.69) is 31.4 Å². The molecule has 2 aromatic rings. The van der Waals surface area contributed by atoms with Crippen molar-refractivity contribution >= 4 is 29.3 Å². The Morgan fingerprint density at radius 3 is 2.58 bits per heavy atom. The Bertz CT molecular complexity index is 830. The molecule has 4 rings (SSSR count). The van der Waals surface area contributed by atoms with Crippen LogP contribution in [0, 0.1) is 5.41 Å². The minimum Gasteiger partial charge on any atom is -0.381 e. The lowest BCUT2D eigenvalue weighted by Crippen LogP contribution is -2.39. The number of nitrogen functional groups attached to an aromatic ring is 2. The molecule has 1 aliphatic carbocycles. The summed E-state index contributed by atoms with van der Waals surface area (Å²) < 4.78 is 0. The number of nitrogens with zero attached hydrogens (tertiary/aromatic N) is 5. The Morgan fingerprint density at radius 2 is 1.92 bits per heavy atom. The van der Waals surface area contributed by atoms with Gasteiger partial charge in [0, 0.05) is 19.3 Å². The SMILES string of the molecule is C=C1CCC2(CCN(c3cnc(Sc4ccnc(N)n4)c(N)n3)CC2)C1. The largest absolute Gasteiger partial charge is 0.381 e. The maximum absolute atomic E-state index is 6.14. The highest BCUT2D eigenvalue weighted by molar-refractivity contribution is 7.99. The zero-order valence-corrected chi connectivity index (χ0v) is 15.5. The lowest BCUT2D eigenvalue weighted by molar-refractivity contribution is 0.230. The molecule has 4 N–H and O–H groups in total. The van der Waals surface area contributed by atoms with Crippen LogP contribution in [0.4, 0.5) is 17.6 Å². The number of nitrogens with two attached hydrogens (primary N) is 2. The van der Waals surface area contributed by atoms with E-state index in [1.165, 1.54) is 49.4 Å². The zero-order valence-electron chi connectivity index (χ0n) is 14.7. The van der Waals surface area contributed by atoms with Crippen LogP contribution in [0.25, 0.3) is 0 Å².